The van der Waals surface area contributed by atoms with Crippen LogP contribution in [-0.4, -0.2) is 51.1 Å². The number of halogens is 1. The van der Waals surface area contributed by atoms with Crippen LogP contribution in [0.2, 0.25) is 5.02 Å². The van der Waals surface area contributed by atoms with Crippen molar-refractivity contribution in [2.75, 3.05) is 21.3 Å². The van der Waals surface area contributed by atoms with Crippen molar-refractivity contribution in [1.29, 1.82) is 0 Å². The maximum Gasteiger partial charge on any atom is 0.340 e. The van der Waals surface area contributed by atoms with Crippen LogP contribution in [0.4, 0.5) is 0 Å². The molecule has 0 saturated carbocycles. The van der Waals surface area contributed by atoms with Crippen molar-refractivity contribution in [1.82, 2.24) is 9.45 Å². The number of aryl methyl sites for hydroxylation is 1. The quantitative estimate of drug-likeness (QED) is 0.363. The first-order valence-electron chi connectivity index (χ1n) is 9.58. The average molecular weight is 493 g/mol. The molecule has 1 heterocycles. The van der Waals surface area contributed by atoms with Crippen molar-refractivity contribution in [3.8, 4) is 0 Å². The van der Waals surface area contributed by atoms with Gasteiger partial charge in [0.1, 0.15) is 11.5 Å². The molecular formula is C22H21ClN2O7S. The molecular weight excluding hydrogens is 472 g/mol. The molecule has 33 heavy (non-hydrogen) atoms. The van der Waals surface area contributed by atoms with Crippen LogP contribution in [0.15, 0.2) is 47.4 Å². The Labute approximate surface area is 195 Å². The van der Waals surface area contributed by atoms with Gasteiger partial charge in [-0.25, -0.2) is 23.0 Å². The fourth-order valence-electron chi connectivity index (χ4n) is 3.20. The van der Waals surface area contributed by atoms with Crippen LogP contribution >= 0.6 is 11.6 Å². The molecule has 0 amide bonds. The van der Waals surface area contributed by atoms with E-state index in [9.17, 15) is 18.0 Å². The third kappa shape index (κ3) is 4.83. The van der Waals surface area contributed by atoms with Gasteiger partial charge in [0.15, 0.2) is 0 Å². The molecule has 0 aliphatic carbocycles. The summed E-state index contributed by atoms with van der Waals surface area (Å²) >= 11 is 6.03. The summed E-state index contributed by atoms with van der Waals surface area (Å²) in [5.74, 6) is -1.44. The maximum atomic E-state index is 12.7. The Morgan fingerprint density at radius 3 is 2.45 bits per heavy atom. The Hall–Kier alpha value is -3.05. The molecule has 0 aliphatic heterocycles. The molecule has 11 heteroatoms. The van der Waals surface area contributed by atoms with E-state index in [0.717, 1.165) is 11.5 Å². The van der Waals surface area contributed by atoms with Gasteiger partial charge in [-0.3, -0.25) is 4.84 Å². The van der Waals surface area contributed by atoms with Gasteiger partial charge in [0, 0.05) is 12.4 Å². The van der Waals surface area contributed by atoms with Crippen LogP contribution in [-0.2, 0) is 30.9 Å². The lowest BCUT2D eigenvalue weighted by molar-refractivity contribution is -0.0258. The zero-order valence-corrected chi connectivity index (χ0v) is 19.9. The summed E-state index contributed by atoms with van der Waals surface area (Å²) < 4.78 is 36.0. The Morgan fingerprint density at radius 1 is 1.09 bits per heavy atom. The Kier molecular flexibility index (Phi) is 7.33. The second-order valence-electron chi connectivity index (χ2n) is 6.89. The number of rotatable bonds is 7. The van der Waals surface area contributed by atoms with E-state index in [4.69, 9.17) is 25.9 Å². The third-order valence-corrected chi connectivity index (χ3v) is 7.16. The number of pyridine rings is 1. The van der Waals surface area contributed by atoms with E-state index in [2.05, 4.69) is 4.98 Å². The van der Waals surface area contributed by atoms with Crippen molar-refractivity contribution >= 4 is 44.5 Å². The number of benzene rings is 2. The van der Waals surface area contributed by atoms with Gasteiger partial charge in [-0.2, -0.15) is 0 Å². The van der Waals surface area contributed by atoms with Crippen LogP contribution in [0, 0.1) is 6.92 Å². The normalized spacial score (nSPS) is 11.6. The highest BCUT2D eigenvalue weighted by Gasteiger charge is 2.26. The first kappa shape index (κ1) is 24.6. The number of ether oxygens (including phenoxy) is 2. The van der Waals surface area contributed by atoms with Crippen molar-refractivity contribution in [2.24, 2.45) is 0 Å². The second-order valence-corrected chi connectivity index (χ2v) is 9.20. The van der Waals surface area contributed by atoms with Crippen molar-refractivity contribution in [2.45, 2.75) is 18.4 Å². The van der Waals surface area contributed by atoms with E-state index < -0.39 is 22.0 Å². The molecule has 3 aromatic rings. The topological polar surface area (TPSA) is 112 Å². The Morgan fingerprint density at radius 2 is 1.79 bits per heavy atom. The summed E-state index contributed by atoms with van der Waals surface area (Å²) in [6.45, 7) is 1.42. The predicted molar refractivity (Wildman–Crippen MR) is 120 cm³/mol. The molecule has 3 rings (SSSR count). The van der Waals surface area contributed by atoms with E-state index in [1.165, 1.54) is 33.4 Å². The highest BCUT2D eigenvalue weighted by Crippen LogP contribution is 2.27. The largest absolute Gasteiger partial charge is 0.465 e. The van der Waals surface area contributed by atoms with Crippen LogP contribution in [0.3, 0.4) is 0 Å². The summed E-state index contributed by atoms with van der Waals surface area (Å²) in [7, 11) is -0.472. The molecule has 1 aromatic heterocycles. The molecule has 0 unspecified atom stereocenters. The SMILES string of the molecule is COC(=O)c1c(COC(=O)c2ccc(Cl)c(S(=O)(=O)N(C)OC)c2)nc2ccccc2c1C. The molecule has 0 aliphatic rings. The second kappa shape index (κ2) is 9.84. The average Bonchev–Trinajstić information content (AvgIpc) is 2.81. The smallest absolute Gasteiger partial charge is 0.340 e. The van der Waals surface area contributed by atoms with E-state index in [1.54, 1.807) is 19.1 Å². The summed E-state index contributed by atoms with van der Waals surface area (Å²) in [4.78, 5) is 34.0. The standard InChI is InChI=1S/C22H21ClN2O7S/c1-13-15-7-5-6-8-17(15)24-18(20(13)22(27)30-3)12-32-21(26)14-9-10-16(23)19(11-14)33(28,29)25(2)31-4/h5-11H,12H2,1-4H3. The number of nitrogens with zero attached hydrogens (tertiary/aromatic N) is 2. The molecule has 2 aromatic carbocycles. The number of carbonyl (C=O) groups is 2. The first-order chi connectivity index (χ1) is 15.6. The van der Waals surface area contributed by atoms with Crippen molar-refractivity contribution in [3.05, 3.63) is 69.9 Å². The van der Waals surface area contributed by atoms with Crippen LogP contribution < -0.4 is 0 Å². The van der Waals surface area contributed by atoms with E-state index in [0.29, 0.717) is 15.5 Å². The molecule has 0 spiro atoms. The number of aromatic nitrogens is 1. The molecule has 0 saturated heterocycles. The fourth-order valence-corrected chi connectivity index (χ4v) is 4.67. The van der Waals surface area contributed by atoms with Crippen LogP contribution in [0.1, 0.15) is 32.0 Å². The minimum atomic E-state index is -4.10. The first-order valence-corrected chi connectivity index (χ1v) is 11.4. The third-order valence-electron chi connectivity index (χ3n) is 5.00. The lowest BCUT2D eigenvalue weighted by atomic mass is 10.0. The molecule has 9 nitrogen and oxygen atoms in total. The van der Waals surface area contributed by atoms with Gasteiger partial charge in [-0.05, 0) is 36.8 Å². The van der Waals surface area contributed by atoms with Gasteiger partial charge in [0.2, 0.25) is 0 Å². The highest BCUT2D eigenvalue weighted by atomic mass is 35.5. The van der Waals surface area contributed by atoms with Crippen LogP contribution in [0.5, 0.6) is 0 Å². The minimum Gasteiger partial charge on any atom is -0.465 e. The number of methoxy groups -OCH3 is 1. The van der Waals surface area contributed by atoms with Crippen molar-refractivity contribution < 1.29 is 32.3 Å². The lowest BCUT2D eigenvalue weighted by Crippen LogP contribution is -2.26. The molecule has 0 fully saturated rings. The molecule has 0 radical (unpaired) electrons. The Balaban J connectivity index is 1.95. The molecule has 174 valence electrons. The van der Waals surface area contributed by atoms with Gasteiger partial charge in [0.05, 0.1) is 41.6 Å². The number of hydroxylamine groups is 1. The summed E-state index contributed by atoms with van der Waals surface area (Å²) in [5.41, 5.74) is 1.62. The van der Waals surface area contributed by atoms with E-state index >= 15 is 0 Å². The molecule has 0 bridgehead atoms. The number of carbonyl (C=O) groups excluding carboxylic acids is 2. The number of fused-ring (bicyclic) bond motifs is 1. The maximum absolute atomic E-state index is 12.7. The van der Waals surface area contributed by atoms with Gasteiger partial charge in [-0.1, -0.05) is 34.3 Å². The molecule has 0 N–H and O–H groups in total. The monoisotopic (exact) mass is 492 g/mol. The van der Waals surface area contributed by atoms with Gasteiger partial charge < -0.3 is 9.47 Å². The molecule has 0 atom stereocenters. The highest BCUT2D eigenvalue weighted by molar-refractivity contribution is 7.89. The Bertz CT molecular complexity index is 1340. The fraction of sp³-hybridized carbons (Fsp3) is 0.227. The lowest BCUT2D eigenvalue weighted by Gasteiger charge is -2.16. The summed E-state index contributed by atoms with van der Waals surface area (Å²) in [5, 5.41) is 0.679. The summed E-state index contributed by atoms with van der Waals surface area (Å²) in [6, 6.07) is 10.9. The number of esters is 2. The van der Waals surface area contributed by atoms with Gasteiger partial charge >= 0.3 is 11.9 Å². The van der Waals surface area contributed by atoms with Gasteiger partial charge in [-0.15, -0.1) is 0 Å². The van der Waals surface area contributed by atoms with Gasteiger partial charge in [0.25, 0.3) is 10.0 Å². The number of hydrogen-bond donors (Lipinski definition) is 0. The minimum absolute atomic E-state index is 0.0559. The summed E-state index contributed by atoms with van der Waals surface area (Å²) in [6.07, 6.45) is 0. The number of sulfonamides is 1. The number of para-hydroxylation sites is 1. The van der Waals surface area contributed by atoms with Crippen molar-refractivity contribution in [3.63, 3.8) is 0 Å². The zero-order chi connectivity index (χ0) is 24.3. The van der Waals surface area contributed by atoms with E-state index in [-0.39, 0.29) is 33.3 Å². The van der Waals surface area contributed by atoms with E-state index in [1.807, 2.05) is 12.1 Å². The predicted octanol–water partition coefficient (Wildman–Crippen LogP) is 3.52. The number of hydrogen-bond acceptors (Lipinski definition) is 8. The zero-order valence-electron chi connectivity index (χ0n) is 18.3. The van der Waals surface area contributed by atoms with Crippen LogP contribution in [0.25, 0.3) is 10.9 Å².